The van der Waals surface area contributed by atoms with Crippen LogP contribution in [0.3, 0.4) is 0 Å². The summed E-state index contributed by atoms with van der Waals surface area (Å²) in [6.07, 6.45) is -0.721. The van der Waals surface area contributed by atoms with Gasteiger partial charge in [-0.1, -0.05) is 19.1 Å². The van der Waals surface area contributed by atoms with Gasteiger partial charge in [-0.2, -0.15) is 0 Å². The molecule has 7 heteroatoms. The second-order valence-electron chi connectivity index (χ2n) is 3.69. The third kappa shape index (κ3) is 4.13. The van der Waals surface area contributed by atoms with Crippen molar-refractivity contribution in [3.8, 4) is 0 Å². The number of nitrogens with one attached hydrogen (secondary N) is 2. The molecule has 1 unspecified atom stereocenters. The molecule has 0 aliphatic rings. The summed E-state index contributed by atoms with van der Waals surface area (Å²) < 4.78 is 26.3. The van der Waals surface area contributed by atoms with Crippen LogP contribution in [0, 0.1) is 0 Å². The number of para-hydroxylation sites is 1. The number of sulfonamides is 1. The minimum Gasteiger partial charge on any atom is -0.390 e. The van der Waals surface area contributed by atoms with Gasteiger partial charge in [0, 0.05) is 13.1 Å². The van der Waals surface area contributed by atoms with Gasteiger partial charge >= 0.3 is 0 Å². The molecule has 102 valence electrons. The minimum absolute atomic E-state index is 0.0924. The van der Waals surface area contributed by atoms with Gasteiger partial charge in [-0.3, -0.25) is 0 Å². The maximum atomic E-state index is 11.9. The summed E-state index contributed by atoms with van der Waals surface area (Å²) in [5, 5.41) is 12.2. The van der Waals surface area contributed by atoms with Crippen LogP contribution in [0.25, 0.3) is 0 Å². The predicted molar refractivity (Wildman–Crippen MR) is 72.5 cm³/mol. The lowest BCUT2D eigenvalue weighted by Crippen LogP contribution is -2.26. The zero-order valence-corrected chi connectivity index (χ0v) is 11.6. The molecule has 0 aliphatic carbocycles. The fourth-order valence-electron chi connectivity index (χ4n) is 1.40. The predicted octanol–water partition coefficient (Wildman–Crippen LogP) is 0.996. The van der Waals surface area contributed by atoms with E-state index in [-0.39, 0.29) is 17.3 Å². The van der Waals surface area contributed by atoms with Crippen LogP contribution >= 0.6 is 11.6 Å². The van der Waals surface area contributed by atoms with Crippen molar-refractivity contribution in [2.24, 2.45) is 0 Å². The van der Waals surface area contributed by atoms with E-state index in [1.165, 1.54) is 6.07 Å². The van der Waals surface area contributed by atoms with E-state index in [2.05, 4.69) is 10.0 Å². The lowest BCUT2D eigenvalue weighted by molar-refractivity contribution is 0.211. The Morgan fingerprint density at radius 2 is 2.06 bits per heavy atom. The Kier molecular flexibility index (Phi) is 5.87. The second-order valence-corrected chi connectivity index (χ2v) is 5.73. The third-order valence-electron chi connectivity index (χ3n) is 2.22. The van der Waals surface area contributed by atoms with Crippen LogP contribution in [0.15, 0.2) is 29.2 Å². The van der Waals surface area contributed by atoms with Crippen LogP contribution < -0.4 is 10.0 Å². The van der Waals surface area contributed by atoms with Gasteiger partial charge in [-0.05, 0) is 12.1 Å². The Labute approximate surface area is 112 Å². The number of benzene rings is 1. The highest BCUT2D eigenvalue weighted by Gasteiger charge is 2.17. The quantitative estimate of drug-likeness (QED) is 0.655. The molecule has 0 aliphatic heterocycles. The van der Waals surface area contributed by atoms with Gasteiger partial charge in [-0.15, -0.1) is 11.6 Å². The first kappa shape index (κ1) is 15.2. The molecule has 18 heavy (non-hydrogen) atoms. The highest BCUT2D eigenvalue weighted by Crippen LogP contribution is 2.20. The van der Waals surface area contributed by atoms with Crippen LogP contribution in [-0.2, 0) is 10.0 Å². The van der Waals surface area contributed by atoms with Crippen molar-refractivity contribution in [2.45, 2.75) is 17.9 Å². The van der Waals surface area contributed by atoms with E-state index in [0.29, 0.717) is 12.2 Å². The molecule has 0 saturated heterocycles. The van der Waals surface area contributed by atoms with Crippen molar-refractivity contribution in [3.63, 3.8) is 0 Å². The summed E-state index contributed by atoms with van der Waals surface area (Å²) in [6.45, 7) is 2.23. The van der Waals surface area contributed by atoms with Crippen LogP contribution in [-0.4, -0.2) is 38.6 Å². The molecule has 0 saturated carbocycles. The first-order chi connectivity index (χ1) is 8.51. The Bertz CT molecular complexity index is 479. The molecule has 1 atom stereocenters. The first-order valence-electron chi connectivity index (χ1n) is 5.58. The molecule has 0 spiro atoms. The summed E-state index contributed by atoms with van der Waals surface area (Å²) >= 11 is 5.48. The SMILES string of the molecule is CCNS(=O)(=O)c1ccccc1NCC(O)CCl. The lowest BCUT2D eigenvalue weighted by atomic mass is 10.3. The Balaban J connectivity index is 2.93. The summed E-state index contributed by atoms with van der Waals surface area (Å²) in [6, 6.07) is 6.52. The van der Waals surface area contributed by atoms with Crippen LogP contribution in [0.1, 0.15) is 6.92 Å². The molecular formula is C11H17ClN2O3S. The maximum Gasteiger partial charge on any atom is 0.242 e. The van der Waals surface area contributed by atoms with Crippen molar-refractivity contribution in [2.75, 3.05) is 24.3 Å². The molecular weight excluding hydrogens is 276 g/mol. The van der Waals surface area contributed by atoms with E-state index in [9.17, 15) is 13.5 Å². The maximum absolute atomic E-state index is 11.9. The number of hydrogen-bond acceptors (Lipinski definition) is 4. The minimum atomic E-state index is -3.52. The van der Waals surface area contributed by atoms with Gasteiger partial charge in [0.25, 0.3) is 0 Å². The number of anilines is 1. The average molecular weight is 293 g/mol. The molecule has 0 radical (unpaired) electrons. The summed E-state index contributed by atoms with van der Waals surface area (Å²) in [5.41, 5.74) is 0.447. The van der Waals surface area contributed by atoms with Crippen LogP contribution in [0.2, 0.25) is 0 Å². The molecule has 1 aromatic carbocycles. The highest BCUT2D eigenvalue weighted by molar-refractivity contribution is 7.89. The topological polar surface area (TPSA) is 78.4 Å². The molecule has 0 aromatic heterocycles. The van der Waals surface area contributed by atoms with Crippen molar-refractivity contribution in [1.82, 2.24) is 4.72 Å². The monoisotopic (exact) mass is 292 g/mol. The van der Waals surface area contributed by atoms with Crippen LogP contribution in [0.5, 0.6) is 0 Å². The number of hydrogen-bond donors (Lipinski definition) is 3. The van der Waals surface area contributed by atoms with Crippen molar-refractivity contribution < 1.29 is 13.5 Å². The Hall–Kier alpha value is -0.820. The van der Waals surface area contributed by atoms with Gasteiger partial charge in [0.15, 0.2) is 0 Å². The summed E-state index contributed by atoms with van der Waals surface area (Å²) in [5.74, 6) is 0.0924. The van der Waals surface area contributed by atoms with Gasteiger partial charge in [-0.25, -0.2) is 13.1 Å². The van der Waals surface area contributed by atoms with E-state index in [1.54, 1.807) is 25.1 Å². The molecule has 0 bridgehead atoms. The van der Waals surface area contributed by atoms with E-state index < -0.39 is 16.1 Å². The fraction of sp³-hybridized carbons (Fsp3) is 0.455. The number of rotatable bonds is 7. The number of aliphatic hydroxyl groups excluding tert-OH is 1. The standard InChI is InChI=1S/C11H17ClN2O3S/c1-2-14-18(16,17)11-6-4-3-5-10(11)13-8-9(15)7-12/h3-6,9,13-15H,2,7-8H2,1H3. The van der Waals surface area contributed by atoms with Gasteiger partial charge < -0.3 is 10.4 Å². The van der Waals surface area contributed by atoms with Crippen molar-refractivity contribution in [1.29, 1.82) is 0 Å². The zero-order valence-electron chi connectivity index (χ0n) is 10.1. The van der Waals surface area contributed by atoms with Crippen LogP contribution in [0.4, 0.5) is 5.69 Å². The van der Waals surface area contributed by atoms with Crippen molar-refractivity contribution in [3.05, 3.63) is 24.3 Å². The number of alkyl halides is 1. The Morgan fingerprint density at radius 3 is 2.67 bits per heavy atom. The molecule has 3 N–H and O–H groups in total. The normalized spacial score (nSPS) is 13.3. The van der Waals surface area contributed by atoms with E-state index in [4.69, 9.17) is 11.6 Å². The zero-order chi connectivity index (χ0) is 13.6. The first-order valence-corrected chi connectivity index (χ1v) is 7.59. The van der Waals surface area contributed by atoms with E-state index in [0.717, 1.165) is 0 Å². The summed E-state index contributed by atoms with van der Waals surface area (Å²) in [4.78, 5) is 0.161. The van der Waals surface area contributed by atoms with Gasteiger partial charge in [0.1, 0.15) is 4.90 Å². The Morgan fingerprint density at radius 1 is 1.39 bits per heavy atom. The van der Waals surface area contributed by atoms with Crippen molar-refractivity contribution >= 4 is 27.3 Å². The fourth-order valence-corrected chi connectivity index (χ4v) is 2.73. The average Bonchev–Trinajstić information content (AvgIpc) is 2.36. The molecule has 1 rings (SSSR count). The second kappa shape index (κ2) is 6.94. The molecule has 0 amide bonds. The highest BCUT2D eigenvalue weighted by atomic mass is 35.5. The molecule has 0 fully saturated rings. The number of halogens is 1. The molecule has 5 nitrogen and oxygen atoms in total. The van der Waals surface area contributed by atoms with Gasteiger partial charge in [0.2, 0.25) is 10.0 Å². The third-order valence-corrected chi connectivity index (χ3v) is 4.18. The van der Waals surface area contributed by atoms with Gasteiger partial charge in [0.05, 0.1) is 17.7 Å². The molecule has 1 aromatic rings. The number of aliphatic hydroxyl groups is 1. The smallest absolute Gasteiger partial charge is 0.242 e. The summed E-state index contributed by atoms with van der Waals surface area (Å²) in [7, 11) is -3.52. The lowest BCUT2D eigenvalue weighted by Gasteiger charge is -2.14. The molecule has 0 heterocycles. The van der Waals surface area contributed by atoms with E-state index in [1.807, 2.05) is 0 Å². The van der Waals surface area contributed by atoms with E-state index >= 15 is 0 Å². The largest absolute Gasteiger partial charge is 0.390 e.